The molecule has 1 atom stereocenters. The number of carbonyl (C=O) groups excluding carboxylic acids is 1. The number of nitrogens with one attached hydrogen (secondary N) is 1. The summed E-state index contributed by atoms with van der Waals surface area (Å²) >= 11 is 0. The molecular formula is C23H25N5O5. The summed E-state index contributed by atoms with van der Waals surface area (Å²) in [6.07, 6.45) is 0. The van der Waals surface area contributed by atoms with E-state index in [2.05, 4.69) is 10.3 Å². The Kier molecular flexibility index (Phi) is 5.82. The van der Waals surface area contributed by atoms with Gasteiger partial charge >= 0.3 is 0 Å². The van der Waals surface area contributed by atoms with Gasteiger partial charge in [-0.3, -0.25) is 4.79 Å². The summed E-state index contributed by atoms with van der Waals surface area (Å²) in [5.41, 5.74) is 8.06. The fourth-order valence-electron chi connectivity index (χ4n) is 3.87. The number of benzene rings is 2. The predicted molar refractivity (Wildman–Crippen MR) is 122 cm³/mol. The van der Waals surface area contributed by atoms with Gasteiger partial charge in [-0.15, -0.1) is 5.10 Å². The molecule has 0 radical (unpaired) electrons. The van der Waals surface area contributed by atoms with E-state index in [1.165, 1.54) is 0 Å². The quantitative estimate of drug-likeness (QED) is 0.562. The number of anilines is 1. The third-order valence-electron chi connectivity index (χ3n) is 5.46. The van der Waals surface area contributed by atoms with E-state index >= 15 is 0 Å². The van der Waals surface area contributed by atoms with Crippen molar-refractivity contribution in [3.05, 3.63) is 53.2 Å². The molecule has 0 spiro atoms. The number of primary amides is 1. The minimum Gasteiger partial charge on any atom is -0.497 e. The van der Waals surface area contributed by atoms with Crippen LogP contribution in [-0.2, 0) is 4.79 Å². The standard InChI is InChI=1S/C23H25N5O5/c1-12-19(21(24)29)20(17-11-14(30-2)6-7-18(17)33-5)28-23(25-12)26-22(27-28)13-8-15(31-3)10-16(9-13)32-4/h6-11,20H,1-5H3,(H2,24,29)(H,25,26,27)/t20-/m1/s1. The first-order chi connectivity index (χ1) is 15.9. The van der Waals surface area contributed by atoms with Gasteiger partial charge in [0.25, 0.3) is 0 Å². The Balaban J connectivity index is 1.93. The normalized spacial score (nSPS) is 14.9. The highest BCUT2D eigenvalue weighted by Crippen LogP contribution is 2.41. The number of ether oxygens (including phenoxy) is 4. The van der Waals surface area contributed by atoms with Gasteiger partial charge in [0.05, 0.1) is 34.0 Å². The van der Waals surface area contributed by atoms with E-state index in [1.54, 1.807) is 76.4 Å². The molecule has 3 aromatic rings. The number of hydrogen-bond acceptors (Lipinski definition) is 8. The minimum absolute atomic E-state index is 0.341. The van der Waals surface area contributed by atoms with E-state index in [0.717, 1.165) is 0 Å². The first-order valence-electron chi connectivity index (χ1n) is 10.1. The molecule has 0 saturated heterocycles. The highest BCUT2D eigenvalue weighted by molar-refractivity contribution is 5.95. The number of nitrogens with two attached hydrogens (primary N) is 1. The number of rotatable bonds is 7. The van der Waals surface area contributed by atoms with Crippen LogP contribution in [0, 0.1) is 0 Å². The number of hydrogen-bond donors (Lipinski definition) is 2. The van der Waals surface area contributed by atoms with Gasteiger partial charge in [-0.2, -0.15) is 4.98 Å². The van der Waals surface area contributed by atoms with Crippen molar-refractivity contribution in [2.45, 2.75) is 13.0 Å². The van der Waals surface area contributed by atoms with E-state index in [1.807, 2.05) is 0 Å². The summed E-state index contributed by atoms with van der Waals surface area (Å²) in [5.74, 6) is 2.64. The Bertz CT molecular complexity index is 1230. The topological polar surface area (TPSA) is 123 Å². The largest absolute Gasteiger partial charge is 0.497 e. The van der Waals surface area contributed by atoms with Crippen molar-refractivity contribution < 1.29 is 23.7 Å². The second kappa shape index (κ2) is 8.73. The Morgan fingerprint density at radius 1 is 0.970 bits per heavy atom. The van der Waals surface area contributed by atoms with Gasteiger partial charge in [0.2, 0.25) is 11.9 Å². The lowest BCUT2D eigenvalue weighted by molar-refractivity contribution is -0.115. The average Bonchev–Trinajstić information content (AvgIpc) is 3.25. The molecule has 1 amide bonds. The zero-order valence-electron chi connectivity index (χ0n) is 19.0. The molecule has 0 fully saturated rings. The molecule has 2 heterocycles. The van der Waals surface area contributed by atoms with Gasteiger partial charge in [0.1, 0.15) is 29.0 Å². The summed E-state index contributed by atoms with van der Waals surface area (Å²) in [5, 5.41) is 7.86. The van der Waals surface area contributed by atoms with Crippen LogP contribution in [0.2, 0.25) is 0 Å². The molecule has 3 N–H and O–H groups in total. The Morgan fingerprint density at radius 2 is 1.64 bits per heavy atom. The van der Waals surface area contributed by atoms with E-state index in [4.69, 9.17) is 29.8 Å². The minimum atomic E-state index is -0.683. The van der Waals surface area contributed by atoms with Crippen LogP contribution in [0.15, 0.2) is 47.7 Å². The van der Waals surface area contributed by atoms with E-state index < -0.39 is 11.9 Å². The number of aromatic nitrogens is 3. The predicted octanol–water partition coefficient (Wildman–Crippen LogP) is 2.75. The van der Waals surface area contributed by atoms with Crippen LogP contribution < -0.4 is 30.0 Å². The van der Waals surface area contributed by atoms with Crippen molar-refractivity contribution in [1.82, 2.24) is 14.8 Å². The van der Waals surface area contributed by atoms with Crippen molar-refractivity contribution in [3.8, 4) is 34.4 Å². The zero-order valence-corrected chi connectivity index (χ0v) is 19.0. The zero-order chi connectivity index (χ0) is 23.7. The lowest BCUT2D eigenvalue weighted by Crippen LogP contribution is -2.32. The maximum absolute atomic E-state index is 12.5. The monoisotopic (exact) mass is 451 g/mol. The molecule has 10 heteroatoms. The van der Waals surface area contributed by atoms with Crippen LogP contribution in [0.5, 0.6) is 23.0 Å². The summed E-state index contributed by atoms with van der Waals surface area (Å²) in [7, 11) is 6.27. The maximum Gasteiger partial charge on any atom is 0.248 e. The number of nitrogens with zero attached hydrogens (tertiary/aromatic N) is 3. The van der Waals surface area contributed by atoms with Gasteiger partial charge in [-0.25, -0.2) is 4.68 Å². The molecule has 33 heavy (non-hydrogen) atoms. The van der Waals surface area contributed by atoms with E-state index in [9.17, 15) is 4.79 Å². The molecule has 4 rings (SSSR count). The molecule has 0 saturated carbocycles. The van der Waals surface area contributed by atoms with Crippen molar-refractivity contribution in [1.29, 1.82) is 0 Å². The van der Waals surface area contributed by atoms with Crippen LogP contribution in [0.25, 0.3) is 11.4 Å². The van der Waals surface area contributed by atoms with Crippen LogP contribution in [0.3, 0.4) is 0 Å². The summed E-state index contributed by atoms with van der Waals surface area (Å²) in [4.78, 5) is 17.2. The first kappa shape index (κ1) is 22.0. The number of carbonyl (C=O) groups is 1. The van der Waals surface area contributed by atoms with E-state index in [0.29, 0.717) is 57.2 Å². The maximum atomic E-state index is 12.5. The molecule has 1 aliphatic heterocycles. The van der Waals surface area contributed by atoms with Gasteiger partial charge < -0.3 is 30.0 Å². The lowest BCUT2D eigenvalue weighted by atomic mass is 9.94. The average molecular weight is 451 g/mol. The van der Waals surface area contributed by atoms with Crippen LogP contribution in [-0.4, -0.2) is 49.1 Å². The van der Waals surface area contributed by atoms with Crippen molar-refractivity contribution in [2.75, 3.05) is 33.8 Å². The molecule has 2 aromatic carbocycles. The highest BCUT2D eigenvalue weighted by Gasteiger charge is 2.35. The van der Waals surface area contributed by atoms with Gasteiger partial charge in [-0.1, -0.05) is 0 Å². The molecule has 10 nitrogen and oxygen atoms in total. The Labute approximate surface area is 190 Å². The molecule has 0 unspecified atom stereocenters. The molecule has 0 aliphatic carbocycles. The number of methoxy groups -OCH3 is 4. The Morgan fingerprint density at radius 3 is 2.21 bits per heavy atom. The molecule has 1 aromatic heterocycles. The first-order valence-corrected chi connectivity index (χ1v) is 10.1. The summed E-state index contributed by atoms with van der Waals surface area (Å²) in [6.45, 7) is 1.77. The second-order valence-corrected chi connectivity index (χ2v) is 7.34. The third kappa shape index (κ3) is 3.91. The lowest BCUT2D eigenvalue weighted by Gasteiger charge is -2.28. The molecular weight excluding hydrogens is 426 g/mol. The Hall–Kier alpha value is -4.21. The molecule has 0 bridgehead atoms. The second-order valence-electron chi connectivity index (χ2n) is 7.34. The fraction of sp³-hybridized carbons (Fsp3) is 0.261. The van der Waals surface area contributed by atoms with Crippen molar-refractivity contribution >= 4 is 11.9 Å². The van der Waals surface area contributed by atoms with E-state index in [-0.39, 0.29) is 0 Å². The number of amides is 1. The summed E-state index contributed by atoms with van der Waals surface area (Å²) < 4.78 is 23.4. The third-order valence-corrected chi connectivity index (χ3v) is 5.46. The number of allylic oxidation sites excluding steroid dienone is 1. The van der Waals surface area contributed by atoms with Crippen molar-refractivity contribution in [2.24, 2.45) is 5.73 Å². The van der Waals surface area contributed by atoms with Gasteiger partial charge in [-0.05, 0) is 37.3 Å². The van der Waals surface area contributed by atoms with Crippen LogP contribution >= 0.6 is 0 Å². The summed E-state index contributed by atoms with van der Waals surface area (Å²) in [6, 6.07) is 10.0. The highest BCUT2D eigenvalue weighted by atomic mass is 16.5. The SMILES string of the molecule is COc1cc(OC)cc(-c2nc3n(n2)[C@H](c2cc(OC)ccc2OC)C(C(N)=O)=C(C)N3)c1. The van der Waals surface area contributed by atoms with Crippen LogP contribution in [0.4, 0.5) is 5.95 Å². The van der Waals surface area contributed by atoms with Crippen LogP contribution in [0.1, 0.15) is 18.5 Å². The molecule has 1 aliphatic rings. The fourth-order valence-corrected chi connectivity index (χ4v) is 3.87. The van der Waals surface area contributed by atoms with Crippen molar-refractivity contribution in [3.63, 3.8) is 0 Å². The van der Waals surface area contributed by atoms with Gasteiger partial charge in [0, 0.05) is 22.9 Å². The van der Waals surface area contributed by atoms with Gasteiger partial charge in [0.15, 0.2) is 5.82 Å². The number of fused-ring (bicyclic) bond motifs is 1. The smallest absolute Gasteiger partial charge is 0.248 e. The molecule has 172 valence electrons.